The molecule has 0 aromatic carbocycles. The lowest BCUT2D eigenvalue weighted by atomic mass is 10.2. The lowest BCUT2D eigenvalue weighted by Gasteiger charge is -2.06. The Morgan fingerprint density at radius 3 is 2.63 bits per heavy atom. The summed E-state index contributed by atoms with van der Waals surface area (Å²) in [5, 5.41) is 30.4. The molecule has 1 rings (SSSR count). The molecule has 0 aliphatic heterocycles. The number of nitrogens with one attached hydrogen (secondary N) is 1. The number of hydrogen-bond acceptors (Lipinski definition) is 5. The van der Waals surface area contributed by atoms with Gasteiger partial charge in [-0.2, -0.15) is 0 Å². The van der Waals surface area contributed by atoms with Crippen LogP contribution in [0.5, 0.6) is 0 Å². The quantitative estimate of drug-likeness (QED) is 0.471. The zero-order chi connectivity index (χ0) is 14.6. The molecule has 0 saturated heterocycles. The van der Waals surface area contributed by atoms with E-state index in [1.165, 1.54) is 19.2 Å². The summed E-state index contributed by atoms with van der Waals surface area (Å²) in [6, 6.07) is 2.49. The molecular formula is C10H13N3O6. The zero-order valence-electron chi connectivity index (χ0n) is 10.1. The number of nitro groups is 1. The molecule has 0 fully saturated rings. The molecule has 1 unspecified atom stereocenters. The first kappa shape index (κ1) is 14.6. The molecular weight excluding hydrogens is 258 g/mol. The van der Waals surface area contributed by atoms with Gasteiger partial charge in [-0.15, -0.1) is 0 Å². The molecule has 0 aliphatic carbocycles. The van der Waals surface area contributed by atoms with Gasteiger partial charge in [0.05, 0.1) is 7.05 Å². The van der Waals surface area contributed by atoms with Crippen LogP contribution >= 0.6 is 0 Å². The third-order valence-electron chi connectivity index (χ3n) is 2.50. The molecule has 0 aliphatic rings. The standard InChI is InChI=1S/C10H13N3O6/c1-12-6(2-3-8(12)13(18)19)9(15)11-5-4-7(14)10(16)17/h2-3,7,14H,4-5H2,1H3,(H,11,15)(H,16,17). The van der Waals surface area contributed by atoms with Crippen molar-refractivity contribution in [3.63, 3.8) is 0 Å². The number of aliphatic hydroxyl groups excluding tert-OH is 1. The summed E-state index contributed by atoms with van der Waals surface area (Å²) in [6.45, 7) is -0.0503. The molecule has 1 aromatic rings. The van der Waals surface area contributed by atoms with Gasteiger partial charge in [0.2, 0.25) is 0 Å². The Balaban J connectivity index is 2.60. The summed E-state index contributed by atoms with van der Waals surface area (Å²) >= 11 is 0. The van der Waals surface area contributed by atoms with Gasteiger partial charge in [0.15, 0.2) is 11.8 Å². The minimum atomic E-state index is -1.55. The maximum absolute atomic E-state index is 11.7. The molecule has 1 amide bonds. The van der Waals surface area contributed by atoms with E-state index < -0.39 is 22.9 Å². The minimum absolute atomic E-state index is 0.0503. The molecule has 9 heteroatoms. The number of amides is 1. The number of carboxylic acids is 1. The minimum Gasteiger partial charge on any atom is -0.479 e. The molecule has 19 heavy (non-hydrogen) atoms. The fourth-order valence-electron chi connectivity index (χ4n) is 1.45. The van der Waals surface area contributed by atoms with Crippen molar-refractivity contribution < 1.29 is 24.7 Å². The Morgan fingerprint density at radius 2 is 2.16 bits per heavy atom. The predicted molar refractivity (Wildman–Crippen MR) is 62.7 cm³/mol. The molecule has 0 spiro atoms. The highest BCUT2D eigenvalue weighted by atomic mass is 16.6. The second-order valence-corrected chi connectivity index (χ2v) is 3.79. The first-order valence-corrected chi connectivity index (χ1v) is 5.33. The van der Waals surface area contributed by atoms with Crippen LogP contribution in [0.2, 0.25) is 0 Å². The summed E-state index contributed by atoms with van der Waals surface area (Å²) in [5.74, 6) is -2.17. The lowest BCUT2D eigenvalue weighted by molar-refractivity contribution is -0.391. The molecule has 1 heterocycles. The van der Waals surface area contributed by atoms with Crippen molar-refractivity contribution in [1.29, 1.82) is 0 Å². The number of carbonyl (C=O) groups is 2. The van der Waals surface area contributed by atoms with Gasteiger partial charge in [0, 0.05) is 19.0 Å². The Hall–Kier alpha value is -2.42. The van der Waals surface area contributed by atoms with E-state index in [9.17, 15) is 19.7 Å². The fraction of sp³-hybridized carbons (Fsp3) is 0.400. The van der Waals surface area contributed by atoms with Gasteiger partial charge in [-0.1, -0.05) is 0 Å². The van der Waals surface area contributed by atoms with Crippen LogP contribution in [-0.2, 0) is 11.8 Å². The van der Waals surface area contributed by atoms with Gasteiger partial charge in [0.1, 0.15) is 0 Å². The van der Waals surface area contributed by atoms with Crippen LogP contribution in [0.1, 0.15) is 16.9 Å². The van der Waals surface area contributed by atoms with E-state index in [4.69, 9.17) is 10.2 Å². The number of aliphatic carboxylic acids is 1. The average molecular weight is 271 g/mol. The van der Waals surface area contributed by atoms with Crippen molar-refractivity contribution in [3.05, 3.63) is 27.9 Å². The summed E-state index contributed by atoms with van der Waals surface area (Å²) in [7, 11) is 1.37. The Labute approximate surface area is 107 Å². The molecule has 104 valence electrons. The number of aromatic nitrogens is 1. The lowest BCUT2D eigenvalue weighted by Crippen LogP contribution is -2.31. The molecule has 9 nitrogen and oxygen atoms in total. The zero-order valence-corrected chi connectivity index (χ0v) is 10.1. The van der Waals surface area contributed by atoms with E-state index in [0.29, 0.717) is 0 Å². The maximum Gasteiger partial charge on any atom is 0.332 e. The van der Waals surface area contributed by atoms with E-state index in [1.54, 1.807) is 0 Å². The van der Waals surface area contributed by atoms with Gasteiger partial charge in [-0.05, 0) is 11.0 Å². The molecule has 1 atom stereocenters. The number of rotatable bonds is 6. The van der Waals surface area contributed by atoms with Crippen LogP contribution in [0.4, 0.5) is 5.82 Å². The molecule has 0 saturated carbocycles. The highest BCUT2D eigenvalue weighted by Gasteiger charge is 2.20. The molecule has 3 N–H and O–H groups in total. The third-order valence-corrected chi connectivity index (χ3v) is 2.50. The van der Waals surface area contributed by atoms with Crippen LogP contribution in [0.15, 0.2) is 12.1 Å². The van der Waals surface area contributed by atoms with Crippen LogP contribution in [0.25, 0.3) is 0 Å². The van der Waals surface area contributed by atoms with Crippen LogP contribution in [0.3, 0.4) is 0 Å². The SMILES string of the molecule is Cn1c(C(=O)NCCC(O)C(=O)O)ccc1[N+](=O)[O-]. The van der Waals surface area contributed by atoms with E-state index in [0.717, 1.165) is 4.57 Å². The van der Waals surface area contributed by atoms with E-state index in [1.807, 2.05) is 0 Å². The number of carbonyl (C=O) groups excluding carboxylic acids is 1. The summed E-state index contributed by atoms with van der Waals surface area (Å²) in [5.41, 5.74) is 0.0801. The van der Waals surface area contributed by atoms with Crippen molar-refractivity contribution in [1.82, 2.24) is 9.88 Å². The first-order valence-electron chi connectivity index (χ1n) is 5.33. The van der Waals surface area contributed by atoms with Crippen molar-refractivity contribution in [2.45, 2.75) is 12.5 Å². The van der Waals surface area contributed by atoms with Gasteiger partial charge in [-0.25, -0.2) is 9.36 Å². The van der Waals surface area contributed by atoms with Crippen LogP contribution in [0, 0.1) is 10.1 Å². The summed E-state index contributed by atoms with van der Waals surface area (Å²) in [6.07, 6.45) is -1.70. The van der Waals surface area contributed by atoms with Gasteiger partial charge in [-0.3, -0.25) is 4.79 Å². The second-order valence-electron chi connectivity index (χ2n) is 3.79. The number of carboxylic acid groups (broad SMARTS) is 1. The van der Waals surface area contributed by atoms with Crippen molar-refractivity contribution >= 4 is 17.7 Å². The van der Waals surface area contributed by atoms with Gasteiger partial charge < -0.3 is 25.6 Å². The predicted octanol–water partition coefficient (Wildman–Crippen LogP) is -0.501. The first-order chi connectivity index (χ1) is 8.84. The Bertz CT molecular complexity index is 509. The Kier molecular flexibility index (Phi) is 4.59. The van der Waals surface area contributed by atoms with Crippen LogP contribution in [-0.4, -0.2) is 44.2 Å². The average Bonchev–Trinajstić information content (AvgIpc) is 2.70. The smallest absolute Gasteiger partial charge is 0.332 e. The van der Waals surface area contributed by atoms with Crippen molar-refractivity contribution in [2.24, 2.45) is 7.05 Å². The van der Waals surface area contributed by atoms with Crippen molar-refractivity contribution in [2.75, 3.05) is 6.54 Å². The van der Waals surface area contributed by atoms with Gasteiger partial charge >= 0.3 is 11.8 Å². The molecule has 1 aromatic heterocycles. The van der Waals surface area contributed by atoms with E-state index in [2.05, 4.69) is 5.32 Å². The fourth-order valence-corrected chi connectivity index (χ4v) is 1.45. The normalized spacial score (nSPS) is 11.9. The maximum atomic E-state index is 11.7. The monoisotopic (exact) mass is 271 g/mol. The van der Waals surface area contributed by atoms with Crippen molar-refractivity contribution in [3.8, 4) is 0 Å². The number of hydrogen-bond donors (Lipinski definition) is 3. The highest BCUT2D eigenvalue weighted by molar-refractivity contribution is 5.93. The number of nitrogens with zero attached hydrogens (tertiary/aromatic N) is 2. The summed E-state index contributed by atoms with van der Waals surface area (Å²) in [4.78, 5) is 32.0. The number of aliphatic hydroxyl groups is 1. The summed E-state index contributed by atoms with van der Waals surface area (Å²) < 4.78 is 1.11. The molecule has 0 radical (unpaired) electrons. The van der Waals surface area contributed by atoms with E-state index >= 15 is 0 Å². The van der Waals surface area contributed by atoms with Gasteiger partial charge in [0.25, 0.3) is 5.91 Å². The molecule has 0 bridgehead atoms. The largest absolute Gasteiger partial charge is 0.479 e. The van der Waals surface area contributed by atoms with Crippen LogP contribution < -0.4 is 5.32 Å². The highest BCUT2D eigenvalue weighted by Crippen LogP contribution is 2.14. The third kappa shape index (κ3) is 3.52. The Morgan fingerprint density at radius 1 is 1.53 bits per heavy atom. The second kappa shape index (κ2) is 5.96. The van der Waals surface area contributed by atoms with E-state index in [-0.39, 0.29) is 24.5 Å². The topological polar surface area (TPSA) is 135 Å².